The van der Waals surface area contributed by atoms with Crippen molar-refractivity contribution in [1.29, 1.82) is 0 Å². The van der Waals surface area contributed by atoms with Crippen molar-refractivity contribution in [3.63, 3.8) is 0 Å². The molecule has 6 aromatic rings. The van der Waals surface area contributed by atoms with E-state index in [1.807, 2.05) is 0 Å². The van der Waals surface area contributed by atoms with Gasteiger partial charge in [0, 0.05) is 62.2 Å². The van der Waals surface area contributed by atoms with Crippen LogP contribution in [-0.4, -0.2) is 80.2 Å². The number of anilines is 5. The first-order valence-electron chi connectivity index (χ1n) is 22.8. The summed E-state index contributed by atoms with van der Waals surface area (Å²) in [6.07, 6.45) is 0. The molecule has 7 amide bonds. The number of nitrogens with one attached hydrogen (secondary N) is 7. The van der Waals surface area contributed by atoms with E-state index in [0.29, 0.717) is 55.9 Å². The molecule has 0 unspecified atom stereocenters. The second-order valence-corrected chi connectivity index (χ2v) is 16.5. The minimum Gasteiger partial charge on any atom is -0.505 e. The Morgan fingerprint density at radius 3 is 1.78 bits per heavy atom. The first-order chi connectivity index (χ1) is 35.4. The highest BCUT2D eigenvalue weighted by atomic mass is 16.5. The van der Waals surface area contributed by atoms with Gasteiger partial charge in [-0.05, 0) is 111 Å². The van der Waals surface area contributed by atoms with Crippen molar-refractivity contribution >= 4 is 92.3 Å². The zero-order chi connectivity index (χ0) is 53.5. The number of aromatic hydroxyl groups is 1. The van der Waals surface area contributed by atoms with Gasteiger partial charge in [-0.2, -0.15) is 0 Å². The fourth-order valence-corrected chi connectivity index (χ4v) is 6.82. The Balaban J connectivity index is 1.10. The lowest BCUT2D eigenvalue weighted by Crippen LogP contribution is -2.32. The molecule has 0 aliphatic carbocycles. The largest absolute Gasteiger partial charge is 0.505 e. The van der Waals surface area contributed by atoms with Crippen molar-refractivity contribution in [1.82, 2.24) is 10.6 Å². The summed E-state index contributed by atoms with van der Waals surface area (Å²) in [6.45, 7) is 13.6. The van der Waals surface area contributed by atoms with Crippen LogP contribution in [0.4, 0.5) is 49.4 Å². The third kappa shape index (κ3) is 14.4. The lowest BCUT2D eigenvalue weighted by Gasteiger charge is -2.14. The molecular weight excluding hydrogens is 951 g/mol. The smallest absolute Gasteiger partial charge is 0.333 e. The molecule has 0 atom stereocenters. The number of azo groups is 1. The van der Waals surface area contributed by atoms with Gasteiger partial charge in [0.25, 0.3) is 17.7 Å². The molecule has 6 aromatic carbocycles. The van der Waals surface area contributed by atoms with E-state index in [1.54, 1.807) is 92.7 Å². The van der Waals surface area contributed by atoms with Crippen LogP contribution in [0.15, 0.2) is 144 Å². The Labute approximate surface area is 425 Å². The number of carbonyl (C=O) groups is 7. The normalized spacial score (nSPS) is 10.7. The number of ether oxygens (including phenoxy) is 3. The van der Waals surface area contributed by atoms with E-state index in [9.17, 15) is 38.7 Å². The summed E-state index contributed by atoms with van der Waals surface area (Å²) >= 11 is 0. The summed E-state index contributed by atoms with van der Waals surface area (Å²) in [7, 11) is 1.42. The summed E-state index contributed by atoms with van der Waals surface area (Å²) in [5, 5.41) is 40.4. The summed E-state index contributed by atoms with van der Waals surface area (Å²) in [5.74, 6) is -2.98. The van der Waals surface area contributed by atoms with Crippen molar-refractivity contribution < 1.29 is 52.9 Å². The molecule has 0 heterocycles. The second kappa shape index (κ2) is 24.8. The predicted molar refractivity (Wildman–Crippen MR) is 281 cm³/mol. The monoisotopic (exact) mass is 1000 g/mol. The average Bonchev–Trinajstić information content (AvgIpc) is 3.37. The van der Waals surface area contributed by atoms with Crippen molar-refractivity contribution in [2.75, 3.05) is 60.0 Å². The molecule has 0 spiro atoms. The number of rotatable bonds is 19. The maximum Gasteiger partial charge on any atom is 0.333 e. The Kier molecular flexibility index (Phi) is 17.9. The molecule has 0 bridgehead atoms. The first-order valence-corrected chi connectivity index (χ1v) is 22.8. The SMILES string of the molecule is C=C(C)C(=O)OCCNC(=O)Nc1ccc(C(=O)Nc2cc(OC)c(N=Nc3c(O)c(C(=O)Nc4cccc(NC(=O)c5ccc(C)c(NC(=O)NCCOC(=O)C(=C)C)c5)c4)cc4ccccc34)cc2C)cc1. The first kappa shape index (κ1) is 53.5. The molecule has 6 rings (SSSR count). The van der Waals surface area contributed by atoms with Gasteiger partial charge in [0.1, 0.15) is 30.3 Å². The average molecular weight is 1000 g/mol. The Bertz CT molecular complexity index is 3230. The molecule has 8 N–H and O–H groups in total. The van der Waals surface area contributed by atoms with Crippen LogP contribution in [0, 0.1) is 13.8 Å². The summed E-state index contributed by atoms with van der Waals surface area (Å²) < 4.78 is 15.6. The van der Waals surface area contributed by atoms with Gasteiger partial charge in [-0.1, -0.05) is 49.6 Å². The molecule has 380 valence electrons. The number of urea groups is 2. The molecule has 0 saturated heterocycles. The van der Waals surface area contributed by atoms with Gasteiger partial charge in [-0.3, -0.25) is 14.4 Å². The summed E-state index contributed by atoms with van der Waals surface area (Å²) in [6, 6.07) is 27.9. The zero-order valence-electron chi connectivity index (χ0n) is 41.1. The molecule has 0 aliphatic rings. The van der Waals surface area contributed by atoms with Crippen LogP contribution in [0.2, 0.25) is 0 Å². The van der Waals surface area contributed by atoms with E-state index in [1.165, 1.54) is 51.3 Å². The number of phenols is 1. The van der Waals surface area contributed by atoms with Crippen LogP contribution in [-0.2, 0) is 19.1 Å². The van der Waals surface area contributed by atoms with E-state index >= 15 is 0 Å². The minimum absolute atomic E-state index is 0.000558. The van der Waals surface area contributed by atoms with E-state index < -0.39 is 47.5 Å². The molecule has 0 radical (unpaired) electrons. The summed E-state index contributed by atoms with van der Waals surface area (Å²) in [5.41, 5.74) is 4.25. The number of esters is 2. The van der Waals surface area contributed by atoms with Gasteiger partial charge >= 0.3 is 24.0 Å². The molecule has 0 aromatic heterocycles. The standard InChI is InChI=1S/C54H53N9O11/c1-30(2)51(68)73-23-21-55-53(70)59-37-19-17-34(18-20-37)48(65)60-43-29-45(72-7)44(25-33(43)6)62-63-46-40-14-9-8-11-35(40)26-41(47(46)64)50(67)58-39-13-10-12-38(28-39)57-49(66)36-16-15-32(5)42(27-36)61-54(71)56-22-24-74-52(69)31(3)4/h8-20,25-29,64H,1,3,21-24H2,2,4-7H3,(H,57,66)(H,58,67)(H,60,65)(H2,55,59,70)(H2,56,61,71). The number of phenolic OH excluding ortho intramolecular Hbond substituents is 1. The topological polar surface area (TPSA) is 276 Å². The number of hydrogen-bond acceptors (Lipinski definition) is 13. The van der Waals surface area contributed by atoms with Crippen LogP contribution in [0.5, 0.6) is 11.5 Å². The van der Waals surface area contributed by atoms with E-state index in [-0.39, 0.29) is 65.7 Å². The highest BCUT2D eigenvalue weighted by Gasteiger charge is 2.21. The van der Waals surface area contributed by atoms with E-state index in [2.05, 4.69) is 60.6 Å². The molecule has 20 heteroatoms. The van der Waals surface area contributed by atoms with Crippen molar-refractivity contribution in [3.8, 4) is 11.5 Å². The van der Waals surface area contributed by atoms with Gasteiger partial charge in [-0.15, -0.1) is 10.2 Å². The maximum atomic E-state index is 13.9. The number of carbonyl (C=O) groups excluding carboxylic acids is 7. The molecule has 0 aliphatic heterocycles. The van der Waals surface area contributed by atoms with Gasteiger partial charge in [-0.25, -0.2) is 19.2 Å². The van der Waals surface area contributed by atoms with Gasteiger partial charge in [0.05, 0.1) is 25.8 Å². The highest BCUT2D eigenvalue weighted by molar-refractivity contribution is 6.12. The molecular formula is C54H53N9O11. The number of fused-ring (bicyclic) bond motifs is 1. The fourth-order valence-electron chi connectivity index (χ4n) is 6.82. The fraction of sp³-hybridized carbons (Fsp3) is 0.167. The van der Waals surface area contributed by atoms with Crippen molar-refractivity contribution in [2.45, 2.75) is 27.7 Å². The van der Waals surface area contributed by atoms with E-state index in [4.69, 9.17) is 14.2 Å². The predicted octanol–water partition coefficient (Wildman–Crippen LogP) is 9.82. The third-order valence-corrected chi connectivity index (χ3v) is 10.7. The van der Waals surface area contributed by atoms with Crippen molar-refractivity contribution in [3.05, 3.63) is 161 Å². The van der Waals surface area contributed by atoms with Crippen LogP contribution >= 0.6 is 0 Å². The van der Waals surface area contributed by atoms with Gasteiger partial charge in [0.2, 0.25) is 0 Å². The number of hydrogen-bond donors (Lipinski definition) is 8. The number of methoxy groups -OCH3 is 1. The lowest BCUT2D eigenvalue weighted by molar-refractivity contribution is -0.139. The number of aryl methyl sites for hydroxylation is 2. The second-order valence-electron chi connectivity index (χ2n) is 16.5. The van der Waals surface area contributed by atoms with Gasteiger partial charge < -0.3 is 56.5 Å². The summed E-state index contributed by atoms with van der Waals surface area (Å²) in [4.78, 5) is 88.5. The molecule has 0 saturated carbocycles. The molecule has 74 heavy (non-hydrogen) atoms. The van der Waals surface area contributed by atoms with Crippen LogP contribution < -0.4 is 42.0 Å². The number of nitrogens with zero attached hydrogens (tertiary/aromatic N) is 2. The maximum absolute atomic E-state index is 13.9. The molecule has 20 nitrogen and oxygen atoms in total. The van der Waals surface area contributed by atoms with Gasteiger partial charge in [0.15, 0.2) is 5.75 Å². The Hall–Kier alpha value is -9.85. The Morgan fingerprint density at radius 2 is 1.15 bits per heavy atom. The lowest BCUT2D eigenvalue weighted by atomic mass is 10.0. The van der Waals surface area contributed by atoms with Crippen LogP contribution in [0.25, 0.3) is 10.8 Å². The van der Waals surface area contributed by atoms with Crippen LogP contribution in [0.1, 0.15) is 56.0 Å². The quantitative estimate of drug-likeness (QED) is 0.0164. The Morgan fingerprint density at radius 1 is 0.568 bits per heavy atom. The number of amides is 7. The number of benzene rings is 6. The highest BCUT2D eigenvalue weighted by Crippen LogP contribution is 2.41. The van der Waals surface area contributed by atoms with Crippen LogP contribution in [0.3, 0.4) is 0 Å². The third-order valence-electron chi connectivity index (χ3n) is 10.7. The van der Waals surface area contributed by atoms with Crippen molar-refractivity contribution in [2.24, 2.45) is 10.2 Å². The van der Waals surface area contributed by atoms with E-state index in [0.717, 1.165) is 0 Å². The molecule has 0 fully saturated rings. The zero-order valence-corrected chi connectivity index (χ0v) is 41.1. The minimum atomic E-state index is -0.685.